The average molecular weight is 625 g/mol. The molecule has 2 heterocycles. The number of carbonyl (C=O) groups is 2. The first-order chi connectivity index (χ1) is 21.2. The molecule has 2 saturated heterocycles. The first-order valence-corrected chi connectivity index (χ1v) is 18.5. The van der Waals surface area contributed by atoms with Gasteiger partial charge in [-0.05, 0) is 44.1 Å². The normalized spacial score (nSPS) is 27.9. The number of aliphatic hydroxyl groups excluding tert-OH is 2. The van der Waals surface area contributed by atoms with Gasteiger partial charge in [-0.15, -0.1) is 0 Å². The Morgan fingerprint density at radius 1 is 0.818 bits per heavy atom. The van der Waals surface area contributed by atoms with Gasteiger partial charge in [-0.1, -0.05) is 125 Å². The van der Waals surface area contributed by atoms with Gasteiger partial charge in [-0.3, -0.25) is 9.59 Å². The van der Waals surface area contributed by atoms with Crippen LogP contribution in [0.15, 0.2) is 0 Å². The highest BCUT2D eigenvalue weighted by molar-refractivity contribution is 5.82. The highest BCUT2D eigenvalue weighted by Gasteiger charge is 2.49. The summed E-state index contributed by atoms with van der Waals surface area (Å²) < 4.78 is 12.1. The Hall–Kier alpha value is -1.22. The molecular formula is C36H68N2O6. The van der Waals surface area contributed by atoms with Crippen LogP contribution in [0.1, 0.15) is 157 Å². The summed E-state index contributed by atoms with van der Waals surface area (Å²) >= 11 is 0. The Labute approximate surface area is 269 Å². The summed E-state index contributed by atoms with van der Waals surface area (Å²) in [5, 5.41) is 28.8. The molecule has 0 aromatic rings. The fourth-order valence-corrected chi connectivity index (χ4v) is 6.96. The van der Waals surface area contributed by atoms with Gasteiger partial charge in [0.05, 0.1) is 18.2 Å². The minimum Gasteiger partial charge on any atom is -0.457 e. The average Bonchev–Trinajstić information content (AvgIpc) is 3.47. The number of unbranched alkanes of at least 4 members (excludes halogenated alkanes) is 12. The standard InChI is InChI=1S/C36H68N2O6/c1-6-9-10-11-12-13-14-15-16-17-18-19-20-23-30(39)44-34-29(22-8-3)43-35(33(41)32(34)40)31(26(4)5)38-36(42)28-24-27(21-7-2)25-37-28/h26-29,31-35,37,40-41H,6-25H2,1-5H3,(H,38,42). The summed E-state index contributed by atoms with van der Waals surface area (Å²) in [7, 11) is 0. The third kappa shape index (κ3) is 13.6. The van der Waals surface area contributed by atoms with Crippen molar-refractivity contribution >= 4 is 11.9 Å². The molecule has 0 aliphatic carbocycles. The lowest BCUT2D eigenvalue weighted by molar-refractivity contribution is -0.241. The van der Waals surface area contributed by atoms with Gasteiger partial charge < -0.3 is 30.3 Å². The maximum Gasteiger partial charge on any atom is 0.306 e. The van der Waals surface area contributed by atoms with E-state index in [1.54, 1.807) is 0 Å². The van der Waals surface area contributed by atoms with Gasteiger partial charge in [0.15, 0.2) is 6.10 Å². The van der Waals surface area contributed by atoms with Gasteiger partial charge in [0.1, 0.15) is 18.3 Å². The fraction of sp³-hybridized carbons (Fsp3) is 0.944. The van der Waals surface area contributed by atoms with Crippen LogP contribution < -0.4 is 10.6 Å². The summed E-state index contributed by atoms with van der Waals surface area (Å²) in [5.41, 5.74) is 0. The van der Waals surface area contributed by atoms with Gasteiger partial charge >= 0.3 is 5.97 Å². The SMILES string of the molecule is CCCCCCCCCCCCCCCC(=O)OC1C(CCC)OC(C(NC(=O)C2CC(CCC)CN2)C(C)C)C(O)C1O. The van der Waals surface area contributed by atoms with Crippen molar-refractivity contribution in [1.29, 1.82) is 0 Å². The zero-order chi connectivity index (χ0) is 32.3. The molecule has 0 aromatic carbocycles. The molecule has 44 heavy (non-hydrogen) atoms. The molecule has 4 N–H and O–H groups in total. The molecule has 8 unspecified atom stereocenters. The smallest absolute Gasteiger partial charge is 0.306 e. The molecule has 2 aliphatic heterocycles. The van der Waals surface area contributed by atoms with Crippen molar-refractivity contribution in [2.24, 2.45) is 11.8 Å². The summed E-state index contributed by atoms with van der Waals surface area (Å²) in [6.45, 7) is 11.2. The van der Waals surface area contributed by atoms with Gasteiger partial charge in [0, 0.05) is 6.42 Å². The minimum atomic E-state index is -1.28. The van der Waals surface area contributed by atoms with Crippen molar-refractivity contribution in [3.05, 3.63) is 0 Å². The molecular weight excluding hydrogens is 556 g/mol. The van der Waals surface area contributed by atoms with Crippen LogP contribution >= 0.6 is 0 Å². The van der Waals surface area contributed by atoms with E-state index in [2.05, 4.69) is 24.5 Å². The number of carbonyl (C=O) groups excluding carboxylic acids is 2. The molecule has 2 fully saturated rings. The number of amides is 1. The molecule has 1 amide bonds. The fourth-order valence-electron chi connectivity index (χ4n) is 6.96. The molecule has 2 aliphatic rings. The lowest BCUT2D eigenvalue weighted by atomic mass is 9.85. The highest BCUT2D eigenvalue weighted by atomic mass is 16.6. The predicted octanol–water partition coefficient (Wildman–Crippen LogP) is 6.59. The van der Waals surface area contributed by atoms with Crippen LogP contribution in [-0.4, -0.2) is 71.2 Å². The zero-order valence-electron chi connectivity index (χ0n) is 28.9. The van der Waals surface area contributed by atoms with E-state index >= 15 is 0 Å². The van der Waals surface area contributed by atoms with E-state index in [1.807, 2.05) is 20.8 Å². The monoisotopic (exact) mass is 625 g/mol. The number of rotatable bonds is 23. The third-order valence-electron chi connectivity index (χ3n) is 9.66. The van der Waals surface area contributed by atoms with E-state index in [0.29, 0.717) is 18.8 Å². The number of aliphatic hydroxyl groups is 2. The molecule has 0 bridgehead atoms. The molecule has 8 nitrogen and oxygen atoms in total. The lowest BCUT2D eigenvalue weighted by Crippen LogP contribution is -2.65. The van der Waals surface area contributed by atoms with E-state index < -0.39 is 36.6 Å². The van der Waals surface area contributed by atoms with Crippen molar-refractivity contribution in [2.75, 3.05) is 6.54 Å². The number of hydrogen-bond acceptors (Lipinski definition) is 7. The Kier molecular flexibility index (Phi) is 19.8. The molecule has 8 atom stereocenters. The van der Waals surface area contributed by atoms with E-state index in [4.69, 9.17) is 9.47 Å². The first-order valence-electron chi connectivity index (χ1n) is 18.5. The molecule has 2 rings (SSSR count). The summed E-state index contributed by atoms with van der Waals surface area (Å²) in [4.78, 5) is 26.0. The van der Waals surface area contributed by atoms with Crippen molar-refractivity contribution in [1.82, 2.24) is 10.6 Å². The van der Waals surface area contributed by atoms with E-state index in [-0.39, 0.29) is 23.8 Å². The summed E-state index contributed by atoms with van der Waals surface area (Å²) in [6.07, 6.45) is 15.9. The van der Waals surface area contributed by atoms with Crippen molar-refractivity contribution in [3.63, 3.8) is 0 Å². The number of hydrogen-bond donors (Lipinski definition) is 4. The Bertz CT molecular complexity index is 780. The molecule has 8 heteroatoms. The second-order valence-electron chi connectivity index (χ2n) is 14.0. The zero-order valence-corrected chi connectivity index (χ0v) is 28.9. The van der Waals surface area contributed by atoms with Crippen LogP contribution in [0.4, 0.5) is 0 Å². The Balaban J connectivity index is 1.78. The second kappa shape index (κ2) is 22.3. The van der Waals surface area contributed by atoms with Crippen LogP contribution in [0.5, 0.6) is 0 Å². The number of nitrogens with one attached hydrogen (secondary N) is 2. The summed E-state index contributed by atoms with van der Waals surface area (Å²) in [6, 6.07) is -0.746. The molecule has 258 valence electrons. The van der Waals surface area contributed by atoms with Gasteiger partial charge in [0.2, 0.25) is 5.91 Å². The Morgan fingerprint density at radius 2 is 1.39 bits per heavy atom. The predicted molar refractivity (Wildman–Crippen MR) is 177 cm³/mol. The van der Waals surface area contributed by atoms with Crippen molar-refractivity contribution in [2.45, 2.75) is 199 Å². The largest absolute Gasteiger partial charge is 0.457 e. The molecule has 0 saturated carbocycles. The quantitative estimate of drug-likeness (QED) is 0.0749. The van der Waals surface area contributed by atoms with Gasteiger partial charge in [-0.25, -0.2) is 0 Å². The lowest BCUT2D eigenvalue weighted by Gasteiger charge is -2.46. The van der Waals surface area contributed by atoms with Crippen LogP contribution in [-0.2, 0) is 19.1 Å². The van der Waals surface area contributed by atoms with Crippen molar-refractivity contribution < 1.29 is 29.3 Å². The maximum atomic E-state index is 13.2. The Morgan fingerprint density at radius 3 is 1.93 bits per heavy atom. The number of ether oxygens (including phenoxy) is 2. The topological polar surface area (TPSA) is 117 Å². The summed E-state index contributed by atoms with van der Waals surface area (Å²) in [5.74, 6) is 0.0207. The van der Waals surface area contributed by atoms with Crippen LogP contribution in [0.3, 0.4) is 0 Å². The number of esters is 1. The minimum absolute atomic E-state index is 0.0319. The van der Waals surface area contributed by atoms with Crippen LogP contribution in [0, 0.1) is 11.8 Å². The van der Waals surface area contributed by atoms with E-state index in [0.717, 1.165) is 51.5 Å². The van der Waals surface area contributed by atoms with Crippen molar-refractivity contribution in [3.8, 4) is 0 Å². The highest BCUT2D eigenvalue weighted by Crippen LogP contribution is 2.31. The third-order valence-corrected chi connectivity index (χ3v) is 9.66. The molecule has 0 radical (unpaired) electrons. The van der Waals surface area contributed by atoms with Gasteiger partial charge in [-0.2, -0.15) is 0 Å². The first kappa shape index (κ1) is 39.0. The van der Waals surface area contributed by atoms with Crippen LogP contribution in [0.25, 0.3) is 0 Å². The van der Waals surface area contributed by atoms with Gasteiger partial charge in [0.25, 0.3) is 0 Å². The molecule has 0 spiro atoms. The molecule has 0 aromatic heterocycles. The van der Waals surface area contributed by atoms with Crippen LogP contribution in [0.2, 0.25) is 0 Å². The maximum absolute atomic E-state index is 13.2. The van der Waals surface area contributed by atoms with E-state index in [1.165, 1.54) is 64.2 Å². The van der Waals surface area contributed by atoms with E-state index in [9.17, 15) is 19.8 Å². The second-order valence-corrected chi connectivity index (χ2v) is 14.0.